The lowest BCUT2D eigenvalue weighted by Crippen LogP contribution is -1.93. The third kappa shape index (κ3) is 0. The van der Waals surface area contributed by atoms with Gasteiger partial charge in [0.1, 0.15) is 0 Å². The van der Waals surface area contributed by atoms with Gasteiger partial charge in [-0.1, -0.05) is 27.6 Å². The highest BCUT2D eigenvalue weighted by atomic mass is 14.0. The molecule has 0 rings (SSSR count). The van der Waals surface area contributed by atoms with Crippen molar-refractivity contribution in [2.75, 3.05) is 0 Å². The monoisotopic (exact) mass is 76.1 g/mol. The summed E-state index contributed by atoms with van der Waals surface area (Å²) in [6.45, 7) is 0.125. The molecular weight excluding hydrogens is 60.1 g/mol. The third-order valence-corrected chi connectivity index (χ3v) is 0. The highest BCUT2D eigenvalue weighted by Crippen LogP contribution is 2.07. The van der Waals surface area contributed by atoms with Crippen molar-refractivity contribution in [3.8, 4) is 0 Å². The van der Waals surface area contributed by atoms with E-state index in [0.717, 1.165) is 0 Å². The van der Waals surface area contributed by atoms with Gasteiger partial charge < -0.3 is 0 Å². The molecule has 32 valence electrons. The SMILES string of the molecule is [2H]CC(C[2H])(C[2H])C[2H]. The van der Waals surface area contributed by atoms with E-state index < -0.39 is 5.41 Å². The van der Waals surface area contributed by atoms with Crippen molar-refractivity contribution < 1.29 is 5.48 Å². The van der Waals surface area contributed by atoms with Gasteiger partial charge in [-0.15, -0.1) is 0 Å². The average Bonchev–Trinajstić information content (AvgIpc) is 1.95. The fourth-order valence-corrected chi connectivity index (χ4v) is 0. The topological polar surface area (TPSA) is 0 Å². The van der Waals surface area contributed by atoms with Gasteiger partial charge in [0.15, 0.2) is 0 Å². The molecule has 0 unspecified atom stereocenters. The first-order chi connectivity index (χ1) is 4.24. The molecule has 0 bridgehead atoms. The van der Waals surface area contributed by atoms with Crippen LogP contribution in [0.4, 0.5) is 0 Å². The van der Waals surface area contributed by atoms with E-state index in [4.69, 9.17) is 5.48 Å². The summed E-state index contributed by atoms with van der Waals surface area (Å²) < 4.78 is 27.8. The zero-order valence-electron chi connectivity index (χ0n) is 7.33. The first kappa shape index (κ1) is 1.25. The maximum absolute atomic E-state index is 6.95. The van der Waals surface area contributed by atoms with Crippen LogP contribution in [-0.2, 0) is 0 Å². The van der Waals surface area contributed by atoms with Crippen molar-refractivity contribution in [1.82, 2.24) is 0 Å². The maximum Gasteiger partial charge on any atom is 0.0236 e. The summed E-state index contributed by atoms with van der Waals surface area (Å²) >= 11 is 0. The van der Waals surface area contributed by atoms with Crippen LogP contribution in [0.25, 0.3) is 0 Å². The second-order valence-corrected chi connectivity index (χ2v) is 1.50. The molecule has 0 aliphatic heterocycles. The summed E-state index contributed by atoms with van der Waals surface area (Å²) in [5.74, 6) is 0. The van der Waals surface area contributed by atoms with Crippen LogP contribution in [0.1, 0.15) is 33.1 Å². The van der Waals surface area contributed by atoms with Crippen LogP contribution in [0.2, 0.25) is 0 Å². The maximum atomic E-state index is 6.95. The summed E-state index contributed by atoms with van der Waals surface area (Å²) in [4.78, 5) is 0. The standard InChI is InChI=1S/C5H12/c1-5(2,3)4/h1-4H3/i1D,2D,3D,4D. The minimum absolute atomic E-state index is 0.0312. The van der Waals surface area contributed by atoms with E-state index in [1.165, 1.54) is 0 Å². The van der Waals surface area contributed by atoms with Gasteiger partial charge >= 0.3 is 0 Å². The van der Waals surface area contributed by atoms with Crippen LogP contribution in [-0.4, -0.2) is 0 Å². The van der Waals surface area contributed by atoms with Crippen molar-refractivity contribution in [3.63, 3.8) is 0 Å². The van der Waals surface area contributed by atoms with Crippen LogP contribution in [0.3, 0.4) is 0 Å². The summed E-state index contributed by atoms with van der Waals surface area (Å²) in [6, 6.07) is 0. The predicted molar refractivity (Wildman–Crippen MR) is 25.1 cm³/mol. The van der Waals surface area contributed by atoms with Crippen LogP contribution >= 0.6 is 0 Å². The molecule has 0 aromatic heterocycles. The summed E-state index contributed by atoms with van der Waals surface area (Å²) in [6.07, 6.45) is 0. The Morgan fingerprint density at radius 2 is 1.60 bits per heavy atom. The Labute approximate surface area is 39.8 Å². The predicted octanol–water partition coefficient (Wildman–Crippen LogP) is 2.05. The van der Waals surface area contributed by atoms with E-state index in [9.17, 15) is 0 Å². The van der Waals surface area contributed by atoms with Gasteiger partial charge in [0.2, 0.25) is 0 Å². The fraction of sp³-hybridized carbons (Fsp3) is 1.00. The lowest BCUT2D eigenvalue weighted by molar-refractivity contribution is 0.469. The molecule has 0 heterocycles. The van der Waals surface area contributed by atoms with E-state index >= 15 is 0 Å². The normalized spacial score (nSPS) is 22.4. The van der Waals surface area contributed by atoms with Gasteiger partial charge in [-0.25, -0.2) is 0 Å². The Morgan fingerprint density at radius 3 is 1.60 bits per heavy atom. The molecule has 0 nitrogen and oxygen atoms in total. The van der Waals surface area contributed by atoms with E-state index in [1.54, 1.807) is 0 Å². The Kier molecular flexibility index (Phi) is 0.250. The number of hydrogen-bond acceptors (Lipinski definition) is 0. The van der Waals surface area contributed by atoms with Gasteiger partial charge in [-0.2, -0.15) is 0 Å². The first-order valence-electron chi connectivity index (χ1n) is 4.24. The molecule has 0 radical (unpaired) electrons. The minimum atomic E-state index is -0.667. The largest absolute Gasteiger partial charge is 0.0604 e. The Morgan fingerprint density at radius 1 is 1.20 bits per heavy atom. The number of rotatable bonds is 0. The zero-order valence-corrected chi connectivity index (χ0v) is 3.33. The third-order valence-electron chi connectivity index (χ3n) is 0. The van der Waals surface area contributed by atoms with Crippen LogP contribution in [0, 0.1) is 5.41 Å². The summed E-state index contributed by atoms with van der Waals surface area (Å²) in [5, 5.41) is 0. The molecule has 0 amide bonds. The lowest BCUT2D eigenvalue weighted by atomic mass is 10.0. The average molecular weight is 76.2 g/mol. The molecule has 0 aliphatic carbocycles. The quantitative estimate of drug-likeness (QED) is 0.414. The Balaban J connectivity index is 3.82. The van der Waals surface area contributed by atoms with Gasteiger partial charge in [-0.05, 0) is 5.41 Å². The van der Waals surface area contributed by atoms with Crippen LogP contribution < -0.4 is 0 Å². The smallest absolute Gasteiger partial charge is 0.0236 e. The molecule has 5 heavy (non-hydrogen) atoms. The van der Waals surface area contributed by atoms with Crippen molar-refractivity contribution in [1.29, 1.82) is 0 Å². The van der Waals surface area contributed by atoms with Gasteiger partial charge in [0, 0.05) is 5.48 Å². The van der Waals surface area contributed by atoms with Crippen molar-refractivity contribution in [2.24, 2.45) is 5.41 Å². The van der Waals surface area contributed by atoms with E-state index in [2.05, 4.69) is 0 Å². The van der Waals surface area contributed by atoms with E-state index in [-0.39, 0.29) is 27.6 Å². The van der Waals surface area contributed by atoms with Crippen molar-refractivity contribution in [2.45, 2.75) is 27.6 Å². The molecular formula is C5H12. The Hall–Kier alpha value is 0. The first-order valence-corrected chi connectivity index (χ1v) is 1.41. The molecule has 0 N–H and O–H groups in total. The van der Waals surface area contributed by atoms with E-state index in [1.807, 2.05) is 0 Å². The minimum Gasteiger partial charge on any atom is -0.0604 e. The molecule has 0 fully saturated rings. The molecule has 0 atom stereocenters. The van der Waals surface area contributed by atoms with Gasteiger partial charge in [-0.3, -0.25) is 0 Å². The Bertz CT molecular complexity index is 51.8. The molecule has 0 aromatic rings. The molecule has 0 saturated carbocycles. The molecule has 0 aliphatic rings. The molecule has 0 saturated heterocycles. The molecule has 0 aromatic carbocycles. The molecule has 0 heteroatoms. The number of hydrogen-bond donors (Lipinski definition) is 0. The highest BCUT2D eigenvalue weighted by Gasteiger charge is 1.95. The van der Waals surface area contributed by atoms with Gasteiger partial charge in [0.05, 0.1) is 0 Å². The van der Waals surface area contributed by atoms with E-state index in [0.29, 0.717) is 0 Å². The summed E-state index contributed by atoms with van der Waals surface area (Å²) in [7, 11) is 0. The summed E-state index contributed by atoms with van der Waals surface area (Å²) in [5.41, 5.74) is -0.667. The highest BCUT2D eigenvalue weighted by molar-refractivity contribution is 4.47. The molecule has 0 spiro atoms. The van der Waals surface area contributed by atoms with Crippen molar-refractivity contribution >= 4 is 0 Å². The zero-order chi connectivity index (χ0) is 7.33. The second kappa shape index (κ2) is 1.00. The second-order valence-electron chi connectivity index (χ2n) is 1.50. The lowest BCUT2D eigenvalue weighted by Gasteiger charge is -2.05. The van der Waals surface area contributed by atoms with Crippen LogP contribution in [0.15, 0.2) is 0 Å². The fourth-order valence-electron chi connectivity index (χ4n) is 0. The van der Waals surface area contributed by atoms with Crippen molar-refractivity contribution in [3.05, 3.63) is 0 Å². The van der Waals surface area contributed by atoms with Crippen LogP contribution in [0.5, 0.6) is 0 Å². The van der Waals surface area contributed by atoms with Gasteiger partial charge in [0.25, 0.3) is 0 Å².